The first-order valence-corrected chi connectivity index (χ1v) is 8.33. The largest absolute Gasteiger partial charge is 0.295 e. The van der Waals surface area contributed by atoms with Crippen molar-refractivity contribution in [3.63, 3.8) is 0 Å². The molecule has 19 heavy (non-hydrogen) atoms. The molecule has 0 N–H and O–H groups in total. The SMILES string of the molecule is CCCS(=O)(=O)N1CCN(Cc2ccccn2)CC1. The van der Waals surface area contributed by atoms with Crippen LogP contribution in [0.3, 0.4) is 0 Å². The number of nitrogens with zero attached hydrogens (tertiary/aromatic N) is 3. The summed E-state index contributed by atoms with van der Waals surface area (Å²) >= 11 is 0. The van der Waals surface area contributed by atoms with Crippen molar-refractivity contribution >= 4 is 10.0 Å². The van der Waals surface area contributed by atoms with Crippen molar-refractivity contribution in [1.82, 2.24) is 14.2 Å². The van der Waals surface area contributed by atoms with Crippen LogP contribution in [0.15, 0.2) is 24.4 Å². The van der Waals surface area contributed by atoms with Gasteiger partial charge in [0.1, 0.15) is 0 Å². The van der Waals surface area contributed by atoms with Crippen molar-refractivity contribution in [2.75, 3.05) is 31.9 Å². The number of sulfonamides is 1. The maximum Gasteiger partial charge on any atom is 0.214 e. The van der Waals surface area contributed by atoms with Gasteiger partial charge < -0.3 is 0 Å². The molecule has 0 amide bonds. The summed E-state index contributed by atoms with van der Waals surface area (Å²) in [6.45, 7) is 5.43. The third-order valence-corrected chi connectivity index (χ3v) is 5.37. The van der Waals surface area contributed by atoms with Gasteiger partial charge in [-0.3, -0.25) is 9.88 Å². The number of hydrogen-bond acceptors (Lipinski definition) is 4. The molecule has 0 atom stereocenters. The summed E-state index contributed by atoms with van der Waals surface area (Å²) in [5.41, 5.74) is 1.03. The van der Waals surface area contributed by atoms with Crippen LogP contribution in [0.4, 0.5) is 0 Å². The van der Waals surface area contributed by atoms with E-state index in [9.17, 15) is 8.42 Å². The molecule has 2 rings (SSSR count). The monoisotopic (exact) mass is 283 g/mol. The Balaban J connectivity index is 1.86. The zero-order valence-corrected chi connectivity index (χ0v) is 12.1. The lowest BCUT2D eigenvalue weighted by Gasteiger charge is -2.33. The molecule has 106 valence electrons. The van der Waals surface area contributed by atoms with Crippen molar-refractivity contribution in [2.45, 2.75) is 19.9 Å². The van der Waals surface area contributed by atoms with E-state index in [2.05, 4.69) is 9.88 Å². The molecule has 0 saturated carbocycles. The van der Waals surface area contributed by atoms with Gasteiger partial charge in [-0.2, -0.15) is 4.31 Å². The second kappa shape index (κ2) is 6.45. The Morgan fingerprint density at radius 3 is 2.53 bits per heavy atom. The Bertz CT molecular complexity index is 482. The van der Waals surface area contributed by atoms with E-state index in [-0.39, 0.29) is 5.75 Å². The van der Waals surface area contributed by atoms with E-state index in [1.807, 2.05) is 25.1 Å². The van der Waals surface area contributed by atoms with E-state index in [0.717, 1.165) is 25.3 Å². The first-order chi connectivity index (χ1) is 9.12. The summed E-state index contributed by atoms with van der Waals surface area (Å²) in [4.78, 5) is 6.55. The first kappa shape index (κ1) is 14.4. The predicted molar refractivity (Wildman–Crippen MR) is 75.2 cm³/mol. The van der Waals surface area contributed by atoms with Gasteiger partial charge in [-0.1, -0.05) is 13.0 Å². The van der Waals surface area contributed by atoms with Gasteiger partial charge >= 0.3 is 0 Å². The number of pyridine rings is 1. The predicted octanol–water partition coefficient (Wildman–Crippen LogP) is 0.939. The highest BCUT2D eigenvalue weighted by molar-refractivity contribution is 7.89. The molecule has 1 aromatic rings. The molecule has 1 fully saturated rings. The Morgan fingerprint density at radius 1 is 1.21 bits per heavy atom. The first-order valence-electron chi connectivity index (χ1n) is 6.72. The van der Waals surface area contributed by atoms with Gasteiger partial charge in [0.25, 0.3) is 0 Å². The van der Waals surface area contributed by atoms with Gasteiger partial charge in [0.15, 0.2) is 0 Å². The summed E-state index contributed by atoms with van der Waals surface area (Å²) in [6.07, 6.45) is 2.47. The molecule has 1 aliphatic heterocycles. The molecule has 6 heteroatoms. The van der Waals surface area contributed by atoms with Gasteiger partial charge in [0, 0.05) is 38.9 Å². The van der Waals surface area contributed by atoms with E-state index < -0.39 is 10.0 Å². The molecule has 0 radical (unpaired) electrons. The molecule has 2 heterocycles. The molecule has 0 unspecified atom stereocenters. The van der Waals surface area contributed by atoms with Crippen LogP contribution in [0.2, 0.25) is 0 Å². The summed E-state index contributed by atoms with van der Waals surface area (Å²) < 4.78 is 25.5. The Morgan fingerprint density at radius 2 is 1.95 bits per heavy atom. The van der Waals surface area contributed by atoms with Crippen molar-refractivity contribution in [1.29, 1.82) is 0 Å². The third-order valence-electron chi connectivity index (χ3n) is 3.30. The molecular formula is C13H21N3O2S. The molecule has 0 spiro atoms. The van der Waals surface area contributed by atoms with Crippen LogP contribution in [-0.2, 0) is 16.6 Å². The van der Waals surface area contributed by atoms with Crippen LogP contribution in [-0.4, -0.2) is 54.5 Å². The quantitative estimate of drug-likeness (QED) is 0.807. The summed E-state index contributed by atoms with van der Waals surface area (Å²) in [5.74, 6) is 0.257. The average molecular weight is 283 g/mol. The van der Waals surface area contributed by atoms with E-state index >= 15 is 0 Å². The van der Waals surface area contributed by atoms with E-state index in [1.54, 1.807) is 10.5 Å². The third kappa shape index (κ3) is 3.99. The van der Waals surface area contributed by atoms with Crippen molar-refractivity contribution in [3.8, 4) is 0 Å². The fraction of sp³-hybridized carbons (Fsp3) is 0.615. The van der Waals surface area contributed by atoms with Crippen LogP contribution >= 0.6 is 0 Å². The number of rotatable bonds is 5. The molecule has 1 aliphatic rings. The highest BCUT2D eigenvalue weighted by Crippen LogP contribution is 2.11. The van der Waals surface area contributed by atoms with Crippen LogP contribution in [0.25, 0.3) is 0 Å². The Labute approximate surface area is 115 Å². The summed E-state index contributed by atoms with van der Waals surface area (Å²) in [7, 11) is -3.04. The maximum absolute atomic E-state index is 11.9. The lowest BCUT2D eigenvalue weighted by Crippen LogP contribution is -2.48. The highest BCUT2D eigenvalue weighted by atomic mass is 32.2. The molecule has 1 saturated heterocycles. The smallest absolute Gasteiger partial charge is 0.214 e. The molecule has 5 nitrogen and oxygen atoms in total. The highest BCUT2D eigenvalue weighted by Gasteiger charge is 2.25. The molecular weight excluding hydrogens is 262 g/mol. The number of hydrogen-bond donors (Lipinski definition) is 0. The van der Waals surface area contributed by atoms with Gasteiger partial charge in [-0.05, 0) is 18.6 Å². The minimum atomic E-state index is -3.04. The molecule has 1 aromatic heterocycles. The Hall–Kier alpha value is -0.980. The minimum absolute atomic E-state index is 0.257. The second-order valence-corrected chi connectivity index (χ2v) is 6.90. The Kier molecular flexibility index (Phi) is 4.90. The zero-order chi connectivity index (χ0) is 13.7. The van der Waals surface area contributed by atoms with Crippen LogP contribution in [0, 0.1) is 0 Å². The molecule has 0 aliphatic carbocycles. The van der Waals surface area contributed by atoms with Gasteiger partial charge in [-0.25, -0.2) is 8.42 Å². The fourth-order valence-corrected chi connectivity index (χ4v) is 3.77. The van der Waals surface area contributed by atoms with Crippen molar-refractivity contribution in [2.24, 2.45) is 0 Å². The molecule has 0 bridgehead atoms. The fourth-order valence-electron chi connectivity index (χ4n) is 2.27. The zero-order valence-electron chi connectivity index (χ0n) is 11.3. The second-order valence-electron chi connectivity index (χ2n) is 4.81. The van der Waals surface area contributed by atoms with Crippen molar-refractivity contribution < 1.29 is 8.42 Å². The minimum Gasteiger partial charge on any atom is -0.295 e. The van der Waals surface area contributed by atoms with Crippen LogP contribution < -0.4 is 0 Å². The van der Waals surface area contributed by atoms with Crippen molar-refractivity contribution in [3.05, 3.63) is 30.1 Å². The van der Waals surface area contributed by atoms with E-state index in [0.29, 0.717) is 19.5 Å². The number of piperazine rings is 1. The number of aromatic nitrogens is 1. The lowest BCUT2D eigenvalue weighted by molar-refractivity contribution is 0.180. The van der Waals surface area contributed by atoms with Crippen LogP contribution in [0.1, 0.15) is 19.0 Å². The summed E-state index contributed by atoms with van der Waals surface area (Å²) in [6, 6.07) is 5.88. The topological polar surface area (TPSA) is 53.5 Å². The standard InChI is InChI=1S/C13H21N3O2S/c1-2-11-19(17,18)16-9-7-15(8-10-16)12-13-5-3-4-6-14-13/h3-6H,2,7-12H2,1H3. The van der Waals surface area contributed by atoms with Crippen LogP contribution in [0.5, 0.6) is 0 Å². The van der Waals surface area contributed by atoms with Gasteiger partial charge in [0.05, 0.1) is 11.4 Å². The summed E-state index contributed by atoms with van der Waals surface area (Å²) in [5, 5.41) is 0. The average Bonchev–Trinajstić information content (AvgIpc) is 2.40. The maximum atomic E-state index is 11.9. The van der Waals surface area contributed by atoms with Gasteiger partial charge in [-0.15, -0.1) is 0 Å². The molecule has 0 aromatic carbocycles. The lowest BCUT2D eigenvalue weighted by atomic mass is 10.3. The van der Waals surface area contributed by atoms with E-state index in [4.69, 9.17) is 0 Å². The normalized spacial score (nSPS) is 18.6. The van der Waals surface area contributed by atoms with Gasteiger partial charge in [0.2, 0.25) is 10.0 Å². The van der Waals surface area contributed by atoms with E-state index in [1.165, 1.54) is 0 Å².